The molecule has 1 aliphatic heterocycles. The van der Waals surface area contributed by atoms with Gasteiger partial charge in [-0.3, -0.25) is 9.59 Å². The molecule has 0 bridgehead atoms. The van der Waals surface area contributed by atoms with E-state index < -0.39 is 17.7 Å². The minimum Gasteiger partial charge on any atom is -0.507 e. The summed E-state index contributed by atoms with van der Waals surface area (Å²) in [6.45, 7) is 6.34. The lowest BCUT2D eigenvalue weighted by Gasteiger charge is -2.26. The van der Waals surface area contributed by atoms with Crippen LogP contribution in [0, 0.1) is 0 Å². The number of rotatable bonds is 13. The van der Waals surface area contributed by atoms with Crippen LogP contribution in [-0.4, -0.2) is 67.0 Å². The highest BCUT2D eigenvalue weighted by molar-refractivity contribution is 6.46. The van der Waals surface area contributed by atoms with Crippen molar-refractivity contribution in [2.75, 3.05) is 40.4 Å². The molecule has 1 fully saturated rings. The monoisotopic (exact) mass is 494 g/mol. The number of aliphatic hydroxyl groups is 1. The smallest absolute Gasteiger partial charge is 0.295 e. The molecule has 7 heteroatoms. The third-order valence-electron chi connectivity index (χ3n) is 6.16. The molecule has 1 amide bonds. The average Bonchev–Trinajstić information content (AvgIpc) is 3.13. The largest absolute Gasteiger partial charge is 0.507 e. The highest BCUT2D eigenvalue weighted by atomic mass is 16.5. The normalized spacial score (nSPS) is 17.1. The van der Waals surface area contributed by atoms with Crippen molar-refractivity contribution in [3.05, 3.63) is 65.2 Å². The van der Waals surface area contributed by atoms with E-state index in [0.29, 0.717) is 37.6 Å². The molecule has 0 radical (unpaired) electrons. The maximum atomic E-state index is 13.2. The van der Waals surface area contributed by atoms with Gasteiger partial charge < -0.3 is 24.4 Å². The predicted octanol–water partition coefficient (Wildman–Crippen LogP) is 5.03. The van der Waals surface area contributed by atoms with E-state index >= 15 is 0 Å². The molecule has 1 heterocycles. The Bertz CT molecular complexity index is 1060. The third kappa shape index (κ3) is 6.66. The molecule has 0 aliphatic carbocycles. The summed E-state index contributed by atoms with van der Waals surface area (Å²) in [5.74, 6) is -0.150. The van der Waals surface area contributed by atoms with Crippen LogP contribution in [0.2, 0.25) is 0 Å². The fraction of sp³-hybridized carbons (Fsp3) is 0.448. The minimum absolute atomic E-state index is 0.0871. The van der Waals surface area contributed by atoms with Crippen molar-refractivity contribution in [1.82, 2.24) is 9.80 Å². The van der Waals surface area contributed by atoms with Gasteiger partial charge in [0.25, 0.3) is 11.7 Å². The molecule has 1 atom stereocenters. The number of nitrogens with zero attached hydrogens (tertiary/aromatic N) is 2. The van der Waals surface area contributed by atoms with Gasteiger partial charge in [0.15, 0.2) is 0 Å². The van der Waals surface area contributed by atoms with Crippen molar-refractivity contribution in [3.63, 3.8) is 0 Å². The molecule has 1 saturated heterocycles. The number of benzene rings is 2. The van der Waals surface area contributed by atoms with Gasteiger partial charge in [-0.25, -0.2) is 0 Å². The molecule has 3 rings (SSSR count). The first-order chi connectivity index (χ1) is 17.4. The number of aliphatic hydroxyl groups excluding tert-OH is 1. The molecule has 0 saturated carbocycles. The lowest BCUT2D eigenvalue weighted by atomic mass is 9.95. The van der Waals surface area contributed by atoms with Crippen molar-refractivity contribution in [2.45, 2.75) is 45.6 Å². The van der Waals surface area contributed by atoms with Crippen LogP contribution in [0.3, 0.4) is 0 Å². The van der Waals surface area contributed by atoms with E-state index in [1.165, 1.54) is 0 Å². The Morgan fingerprint density at radius 2 is 1.58 bits per heavy atom. The average molecular weight is 495 g/mol. The van der Waals surface area contributed by atoms with Crippen LogP contribution in [-0.2, 0) is 9.59 Å². The number of likely N-dealkylation sites (N-methyl/N-ethyl adjacent to an activating group) is 1. The van der Waals surface area contributed by atoms with Gasteiger partial charge in [0, 0.05) is 18.7 Å². The lowest BCUT2D eigenvalue weighted by Crippen LogP contribution is -2.35. The Morgan fingerprint density at radius 3 is 2.19 bits per heavy atom. The summed E-state index contributed by atoms with van der Waals surface area (Å²) in [6, 6.07) is 13.7. The van der Waals surface area contributed by atoms with Crippen molar-refractivity contribution >= 4 is 17.4 Å². The maximum absolute atomic E-state index is 13.2. The molecule has 2 aromatic rings. The van der Waals surface area contributed by atoms with Crippen LogP contribution in [0.5, 0.6) is 11.5 Å². The number of hydrogen-bond acceptors (Lipinski definition) is 6. The first kappa shape index (κ1) is 27.3. The molecule has 1 unspecified atom stereocenters. The first-order valence-corrected chi connectivity index (χ1v) is 12.8. The zero-order chi connectivity index (χ0) is 26.1. The fourth-order valence-electron chi connectivity index (χ4n) is 4.07. The summed E-state index contributed by atoms with van der Waals surface area (Å²) in [4.78, 5) is 29.8. The molecule has 194 valence electrons. The Hall–Kier alpha value is -3.32. The molecule has 1 aliphatic rings. The second kappa shape index (κ2) is 13.1. The summed E-state index contributed by atoms with van der Waals surface area (Å²) in [6.07, 6.45) is 3.95. The zero-order valence-corrected chi connectivity index (χ0v) is 21.8. The van der Waals surface area contributed by atoms with E-state index in [4.69, 9.17) is 9.47 Å². The highest BCUT2D eigenvalue weighted by Crippen LogP contribution is 2.40. The van der Waals surface area contributed by atoms with Crippen molar-refractivity contribution < 1.29 is 24.2 Å². The van der Waals surface area contributed by atoms with E-state index in [9.17, 15) is 14.7 Å². The van der Waals surface area contributed by atoms with Gasteiger partial charge in [-0.2, -0.15) is 0 Å². The number of unbranched alkanes of at least 4 members (excludes halogenated alkanes) is 2. The summed E-state index contributed by atoms with van der Waals surface area (Å²) in [5, 5.41) is 11.3. The van der Waals surface area contributed by atoms with Crippen LogP contribution in [0.1, 0.15) is 56.7 Å². The Labute approximate surface area is 214 Å². The quantitative estimate of drug-likeness (QED) is 0.182. The van der Waals surface area contributed by atoms with E-state index in [0.717, 1.165) is 37.0 Å². The fourth-order valence-corrected chi connectivity index (χ4v) is 4.07. The molecule has 36 heavy (non-hydrogen) atoms. The van der Waals surface area contributed by atoms with Gasteiger partial charge in [0.1, 0.15) is 17.3 Å². The summed E-state index contributed by atoms with van der Waals surface area (Å²) < 4.78 is 11.6. The van der Waals surface area contributed by atoms with Gasteiger partial charge in [-0.1, -0.05) is 51.0 Å². The number of Topliss-reactive ketones (excluding diaryl/α,β-unsaturated/α-hetero) is 1. The number of ether oxygens (including phenoxy) is 2. The highest BCUT2D eigenvalue weighted by Gasteiger charge is 2.45. The molecular weight excluding hydrogens is 456 g/mol. The number of hydrogen-bond donors (Lipinski definition) is 1. The first-order valence-electron chi connectivity index (χ1n) is 12.8. The second-order valence-corrected chi connectivity index (χ2v) is 9.30. The van der Waals surface area contributed by atoms with E-state index in [1.54, 1.807) is 23.1 Å². The number of amides is 1. The maximum Gasteiger partial charge on any atom is 0.295 e. The van der Waals surface area contributed by atoms with E-state index in [2.05, 4.69) is 13.8 Å². The molecule has 2 aromatic carbocycles. The summed E-state index contributed by atoms with van der Waals surface area (Å²) in [7, 11) is 3.83. The number of carbonyl (C=O) groups excluding carboxylic acids is 2. The Balaban J connectivity index is 2.00. The number of carbonyl (C=O) groups is 2. The Morgan fingerprint density at radius 1 is 0.944 bits per heavy atom. The lowest BCUT2D eigenvalue weighted by molar-refractivity contribution is -0.140. The van der Waals surface area contributed by atoms with Gasteiger partial charge in [0.2, 0.25) is 0 Å². The van der Waals surface area contributed by atoms with Gasteiger partial charge in [0.05, 0.1) is 24.8 Å². The molecular formula is C29H38N2O5. The SMILES string of the molecule is CCCCOc1ccc(C2/C(=C(\O)c3cccc(OCCCC)c3)C(=O)C(=O)N2CCN(C)C)cc1. The molecule has 0 aromatic heterocycles. The van der Waals surface area contributed by atoms with Gasteiger partial charge >= 0.3 is 0 Å². The molecule has 1 N–H and O–H groups in total. The topological polar surface area (TPSA) is 79.3 Å². The molecule has 7 nitrogen and oxygen atoms in total. The van der Waals surface area contributed by atoms with Gasteiger partial charge in [-0.15, -0.1) is 0 Å². The van der Waals surface area contributed by atoms with Crippen LogP contribution in [0.25, 0.3) is 5.76 Å². The number of likely N-dealkylation sites (tertiary alicyclic amines) is 1. The third-order valence-corrected chi connectivity index (χ3v) is 6.16. The van der Waals surface area contributed by atoms with E-state index in [1.807, 2.05) is 49.3 Å². The van der Waals surface area contributed by atoms with Gasteiger partial charge in [-0.05, 0) is 56.8 Å². The summed E-state index contributed by atoms with van der Waals surface area (Å²) >= 11 is 0. The van der Waals surface area contributed by atoms with Crippen molar-refractivity contribution in [3.8, 4) is 11.5 Å². The van der Waals surface area contributed by atoms with Crippen molar-refractivity contribution in [2.24, 2.45) is 0 Å². The predicted molar refractivity (Wildman–Crippen MR) is 141 cm³/mol. The van der Waals surface area contributed by atoms with Crippen LogP contribution < -0.4 is 9.47 Å². The van der Waals surface area contributed by atoms with Crippen molar-refractivity contribution in [1.29, 1.82) is 0 Å². The van der Waals surface area contributed by atoms with Crippen LogP contribution in [0.4, 0.5) is 0 Å². The number of ketones is 1. The second-order valence-electron chi connectivity index (χ2n) is 9.30. The van der Waals surface area contributed by atoms with Crippen LogP contribution >= 0.6 is 0 Å². The minimum atomic E-state index is -0.695. The standard InChI is InChI=1S/C29H38N2O5/c1-5-7-18-35-23-14-12-21(13-15-23)26-25(28(33)29(34)31(26)17-16-30(3)4)27(32)22-10-9-11-24(20-22)36-19-8-6-2/h9-15,20,26,32H,5-8,16-19H2,1-4H3/b27-25+. The zero-order valence-electron chi connectivity index (χ0n) is 21.8. The Kier molecular flexibility index (Phi) is 9.94. The van der Waals surface area contributed by atoms with E-state index in [-0.39, 0.29) is 11.3 Å². The van der Waals surface area contributed by atoms with Crippen LogP contribution in [0.15, 0.2) is 54.1 Å². The molecule has 0 spiro atoms. The summed E-state index contributed by atoms with van der Waals surface area (Å²) in [5.41, 5.74) is 1.27.